The third kappa shape index (κ3) is 5.49. The summed E-state index contributed by atoms with van der Waals surface area (Å²) in [5, 5.41) is 11.5. The Morgan fingerprint density at radius 3 is 1.63 bits per heavy atom. The first kappa shape index (κ1) is 30.9. The molecule has 0 unspecified atom stereocenters. The topological polar surface area (TPSA) is 62.5 Å². The SMILES string of the molecule is N#Cc1ccc2cc(-c3ccc(-c4nc(-c5ccc(C67C[C@H]8C[C@H](C6)C[C@@H](C7)C8)cc5)nc(-c5ccccc5-c5ccccc5)n4)cc3)ccc2c1. The van der Waals surface area contributed by atoms with Crippen molar-refractivity contribution < 1.29 is 0 Å². The van der Waals surface area contributed by atoms with Gasteiger partial charge in [0.25, 0.3) is 0 Å². The van der Waals surface area contributed by atoms with E-state index in [9.17, 15) is 5.26 Å². The molecule has 4 heteroatoms. The minimum Gasteiger partial charge on any atom is -0.208 e. The minimum absolute atomic E-state index is 0.351. The van der Waals surface area contributed by atoms with E-state index in [1.165, 1.54) is 44.1 Å². The molecule has 1 heterocycles. The summed E-state index contributed by atoms with van der Waals surface area (Å²) in [5.74, 6) is 4.75. The molecule has 6 aromatic carbocycles. The molecule has 0 radical (unpaired) electrons. The molecule has 0 saturated heterocycles. The van der Waals surface area contributed by atoms with E-state index < -0.39 is 0 Å². The zero-order chi connectivity index (χ0) is 34.6. The van der Waals surface area contributed by atoms with Crippen molar-refractivity contribution in [1.82, 2.24) is 15.0 Å². The average Bonchev–Trinajstić information content (AvgIpc) is 3.20. The van der Waals surface area contributed by atoms with Crippen molar-refractivity contribution in [3.05, 3.63) is 151 Å². The monoisotopic (exact) mass is 670 g/mol. The standard InChI is InChI=1S/C48H38N4/c49-30-31-10-11-41-26-40(17-16-39(41)25-31)35-12-14-37(15-13-35)45-50-46(52-47(51-45)44-9-5-4-8-43(44)36-6-2-1-3-7-36)38-18-20-42(21-19-38)48-27-32-22-33(28-48)24-34(23-32)29-48/h1-21,25-26,32-34H,22-24,27-29H2/t32-,33-,34-,48?. The quantitative estimate of drug-likeness (QED) is 0.177. The third-order valence-corrected chi connectivity index (χ3v) is 12.1. The van der Waals surface area contributed by atoms with Crippen LogP contribution in [0.3, 0.4) is 0 Å². The van der Waals surface area contributed by atoms with Crippen LogP contribution in [0.25, 0.3) is 67.2 Å². The highest BCUT2D eigenvalue weighted by Gasteiger charge is 2.51. The fourth-order valence-electron chi connectivity index (χ4n) is 10.0. The largest absolute Gasteiger partial charge is 0.208 e. The van der Waals surface area contributed by atoms with E-state index in [4.69, 9.17) is 15.0 Å². The highest BCUT2D eigenvalue weighted by atomic mass is 15.0. The molecule has 11 rings (SSSR count). The summed E-state index contributed by atoms with van der Waals surface area (Å²) >= 11 is 0. The summed E-state index contributed by atoms with van der Waals surface area (Å²) in [7, 11) is 0. The van der Waals surface area contributed by atoms with Crippen LogP contribution in [0.2, 0.25) is 0 Å². The lowest BCUT2D eigenvalue weighted by atomic mass is 9.48. The van der Waals surface area contributed by atoms with E-state index in [1.54, 1.807) is 0 Å². The summed E-state index contributed by atoms with van der Waals surface area (Å²) in [6.07, 6.45) is 8.41. The maximum absolute atomic E-state index is 9.31. The maximum Gasteiger partial charge on any atom is 0.164 e. The van der Waals surface area contributed by atoms with E-state index in [0.29, 0.717) is 28.5 Å². The molecule has 4 saturated carbocycles. The van der Waals surface area contributed by atoms with Crippen LogP contribution in [-0.2, 0) is 5.41 Å². The van der Waals surface area contributed by atoms with Gasteiger partial charge in [0.1, 0.15) is 0 Å². The van der Waals surface area contributed by atoms with Crippen LogP contribution in [-0.4, -0.2) is 15.0 Å². The van der Waals surface area contributed by atoms with Gasteiger partial charge in [0.2, 0.25) is 0 Å². The van der Waals surface area contributed by atoms with Crippen LogP contribution < -0.4 is 0 Å². The Labute approximate surface area is 304 Å². The summed E-state index contributed by atoms with van der Waals surface area (Å²) < 4.78 is 0. The second-order valence-electron chi connectivity index (χ2n) is 15.5. The summed E-state index contributed by atoms with van der Waals surface area (Å²) in [6, 6.07) is 51.1. The Kier molecular flexibility index (Phi) is 7.35. The van der Waals surface area contributed by atoms with Gasteiger partial charge in [0, 0.05) is 16.7 Å². The lowest BCUT2D eigenvalue weighted by molar-refractivity contribution is -0.00518. The predicted octanol–water partition coefficient (Wildman–Crippen LogP) is 11.7. The van der Waals surface area contributed by atoms with Crippen molar-refractivity contribution >= 4 is 10.8 Å². The predicted molar refractivity (Wildman–Crippen MR) is 209 cm³/mol. The Bertz CT molecular complexity index is 2460. The molecule has 52 heavy (non-hydrogen) atoms. The number of nitriles is 1. The summed E-state index contributed by atoms with van der Waals surface area (Å²) in [6.45, 7) is 0. The number of hydrogen-bond donors (Lipinski definition) is 0. The minimum atomic E-state index is 0.351. The summed E-state index contributed by atoms with van der Waals surface area (Å²) in [4.78, 5) is 15.4. The first-order valence-electron chi connectivity index (χ1n) is 18.7. The van der Waals surface area contributed by atoms with E-state index >= 15 is 0 Å². The van der Waals surface area contributed by atoms with Crippen molar-refractivity contribution in [3.63, 3.8) is 0 Å². The summed E-state index contributed by atoms with van der Waals surface area (Å²) in [5.41, 5.74) is 9.93. The van der Waals surface area contributed by atoms with Gasteiger partial charge in [-0.15, -0.1) is 0 Å². The van der Waals surface area contributed by atoms with Crippen LogP contribution in [0.15, 0.2) is 140 Å². The molecule has 0 spiro atoms. The number of aromatic nitrogens is 3. The molecule has 4 aliphatic rings. The molecule has 250 valence electrons. The Balaban J connectivity index is 1.04. The van der Waals surface area contributed by atoms with Crippen LogP contribution >= 0.6 is 0 Å². The average molecular weight is 671 g/mol. The van der Waals surface area contributed by atoms with Gasteiger partial charge < -0.3 is 0 Å². The first-order valence-corrected chi connectivity index (χ1v) is 18.7. The molecular formula is C48H38N4. The van der Waals surface area contributed by atoms with E-state index in [0.717, 1.165) is 67.5 Å². The molecule has 0 N–H and O–H groups in total. The fourth-order valence-corrected chi connectivity index (χ4v) is 10.0. The lowest BCUT2D eigenvalue weighted by Crippen LogP contribution is -2.48. The zero-order valence-electron chi connectivity index (χ0n) is 29.0. The zero-order valence-corrected chi connectivity index (χ0v) is 29.0. The molecule has 4 fully saturated rings. The van der Waals surface area contributed by atoms with E-state index in [2.05, 4.69) is 121 Å². The van der Waals surface area contributed by atoms with E-state index in [-0.39, 0.29) is 0 Å². The molecule has 7 aromatic rings. The highest BCUT2D eigenvalue weighted by molar-refractivity contribution is 5.88. The lowest BCUT2D eigenvalue weighted by Gasteiger charge is -2.57. The van der Waals surface area contributed by atoms with E-state index in [1.807, 2.05) is 24.3 Å². The van der Waals surface area contributed by atoms with Crippen LogP contribution in [0, 0.1) is 29.1 Å². The van der Waals surface area contributed by atoms with Crippen molar-refractivity contribution in [2.24, 2.45) is 17.8 Å². The van der Waals surface area contributed by atoms with Crippen LogP contribution in [0.5, 0.6) is 0 Å². The van der Waals surface area contributed by atoms with Gasteiger partial charge in [-0.3, -0.25) is 0 Å². The Morgan fingerprint density at radius 2 is 0.981 bits per heavy atom. The fraction of sp³-hybridized carbons (Fsp3) is 0.208. The molecule has 0 aliphatic heterocycles. The van der Waals surface area contributed by atoms with Gasteiger partial charge in [-0.1, -0.05) is 121 Å². The van der Waals surface area contributed by atoms with Crippen LogP contribution in [0.1, 0.15) is 49.7 Å². The molecular weight excluding hydrogens is 633 g/mol. The number of hydrogen-bond acceptors (Lipinski definition) is 4. The number of rotatable bonds is 6. The smallest absolute Gasteiger partial charge is 0.164 e. The van der Waals surface area contributed by atoms with Crippen molar-refractivity contribution in [3.8, 4) is 62.5 Å². The highest BCUT2D eigenvalue weighted by Crippen LogP contribution is 2.60. The molecule has 4 aliphatic carbocycles. The molecule has 4 bridgehead atoms. The molecule has 1 aromatic heterocycles. The van der Waals surface area contributed by atoms with Crippen molar-refractivity contribution in [2.45, 2.75) is 43.9 Å². The van der Waals surface area contributed by atoms with Crippen LogP contribution in [0.4, 0.5) is 0 Å². The second-order valence-corrected chi connectivity index (χ2v) is 15.5. The van der Waals surface area contributed by atoms with Crippen molar-refractivity contribution in [2.75, 3.05) is 0 Å². The van der Waals surface area contributed by atoms with Gasteiger partial charge in [-0.05, 0) is 118 Å². The first-order chi connectivity index (χ1) is 25.6. The normalized spacial score (nSPS) is 21.6. The van der Waals surface area contributed by atoms with Gasteiger partial charge in [0.05, 0.1) is 11.6 Å². The number of benzene rings is 6. The number of fused-ring (bicyclic) bond motifs is 1. The third-order valence-electron chi connectivity index (χ3n) is 12.1. The van der Waals surface area contributed by atoms with Gasteiger partial charge in [-0.25, -0.2) is 15.0 Å². The molecule has 0 atom stereocenters. The maximum atomic E-state index is 9.31. The van der Waals surface area contributed by atoms with Gasteiger partial charge in [0.15, 0.2) is 17.5 Å². The molecule has 0 amide bonds. The Hall–Kier alpha value is -5.92. The number of nitrogens with zero attached hydrogens (tertiary/aromatic N) is 4. The Morgan fingerprint density at radius 1 is 0.462 bits per heavy atom. The van der Waals surface area contributed by atoms with Gasteiger partial charge in [-0.2, -0.15) is 5.26 Å². The van der Waals surface area contributed by atoms with Gasteiger partial charge >= 0.3 is 0 Å². The second kappa shape index (κ2) is 12.4. The molecule has 4 nitrogen and oxygen atoms in total. The van der Waals surface area contributed by atoms with Crippen molar-refractivity contribution in [1.29, 1.82) is 5.26 Å².